The number of carbonyl (C=O) groups is 1. The Morgan fingerprint density at radius 1 is 1.41 bits per heavy atom. The minimum absolute atomic E-state index is 0.264. The summed E-state index contributed by atoms with van der Waals surface area (Å²) in [4.78, 5) is 10.8. The van der Waals surface area contributed by atoms with Crippen LogP contribution in [0.15, 0.2) is 18.2 Å². The fourth-order valence-electron chi connectivity index (χ4n) is 1.35. The molecule has 0 amide bonds. The number of nitrogens with one attached hydrogen (secondary N) is 1. The molecule has 1 aromatic carbocycles. The maximum Gasteiger partial charge on any atom is 0.305 e. The first-order valence-corrected chi connectivity index (χ1v) is 5.35. The Labute approximate surface area is 98.8 Å². The molecule has 0 unspecified atom stereocenters. The first-order valence-electron chi connectivity index (χ1n) is 5.35. The summed E-state index contributed by atoms with van der Waals surface area (Å²) in [7, 11) is 1.34. The molecular weight excluding hydrogens is 228 g/mol. The molecule has 0 saturated carbocycles. The smallest absolute Gasteiger partial charge is 0.305 e. The Balaban J connectivity index is 2.24. The Morgan fingerprint density at radius 3 is 2.82 bits per heavy atom. The van der Waals surface area contributed by atoms with Crippen LogP contribution in [0.4, 0.5) is 8.78 Å². The summed E-state index contributed by atoms with van der Waals surface area (Å²) in [5, 5.41) is 2.97. The van der Waals surface area contributed by atoms with Gasteiger partial charge in [-0.25, -0.2) is 8.78 Å². The van der Waals surface area contributed by atoms with Gasteiger partial charge in [-0.05, 0) is 19.0 Å². The third-order valence-corrected chi connectivity index (χ3v) is 2.29. The van der Waals surface area contributed by atoms with E-state index >= 15 is 0 Å². The van der Waals surface area contributed by atoms with E-state index in [1.165, 1.54) is 19.2 Å². The van der Waals surface area contributed by atoms with Crippen molar-refractivity contribution in [3.05, 3.63) is 35.4 Å². The number of rotatable bonds is 6. The van der Waals surface area contributed by atoms with E-state index in [0.29, 0.717) is 31.5 Å². The highest BCUT2D eigenvalue weighted by atomic mass is 19.1. The fourth-order valence-corrected chi connectivity index (χ4v) is 1.35. The van der Waals surface area contributed by atoms with Crippen molar-refractivity contribution in [2.75, 3.05) is 13.7 Å². The van der Waals surface area contributed by atoms with Crippen LogP contribution in [0.25, 0.3) is 0 Å². The first-order chi connectivity index (χ1) is 8.13. The van der Waals surface area contributed by atoms with E-state index in [4.69, 9.17) is 0 Å². The Kier molecular flexibility index (Phi) is 5.56. The van der Waals surface area contributed by atoms with E-state index in [-0.39, 0.29) is 5.97 Å². The van der Waals surface area contributed by atoms with Crippen molar-refractivity contribution in [2.45, 2.75) is 19.4 Å². The molecule has 1 rings (SSSR count). The van der Waals surface area contributed by atoms with Crippen LogP contribution in [0.2, 0.25) is 0 Å². The molecule has 0 aliphatic heterocycles. The zero-order valence-electron chi connectivity index (χ0n) is 9.63. The standard InChI is InChI=1S/C12H15F2NO2/c1-17-12(16)3-2-6-15-8-9-4-5-10(13)7-11(9)14/h4-5,7,15H,2-3,6,8H2,1H3. The molecule has 5 heteroatoms. The van der Waals surface area contributed by atoms with Crippen LogP contribution in [0.1, 0.15) is 18.4 Å². The quantitative estimate of drug-likeness (QED) is 0.613. The second kappa shape index (κ2) is 6.96. The predicted octanol–water partition coefficient (Wildman–Crippen LogP) is 2.01. The molecule has 1 N–H and O–H groups in total. The van der Waals surface area contributed by atoms with E-state index in [9.17, 15) is 13.6 Å². The first kappa shape index (κ1) is 13.6. The lowest BCUT2D eigenvalue weighted by Crippen LogP contribution is -2.17. The van der Waals surface area contributed by atoms with Crippen LogP contribution in [-0.2, 0) is 16.1 Å². The van der Waals surface area contributed by atoms with Gasteiger partial charge < -0.3 is 10.1 Å². The molecule has 0 bridgehead atoms. The van der Waals surface area contributed by atoms with Crippen LogP contribution in [-0.4, -0.2) is 19.6 Å². The minimum atomic E-state index is -0.586. The van der Waals surface area contributed by atoms with Crippen molar-refractivity contribution in [2.24, 2.45) is 0 Å². The third-order valence-electron chi connectivity index (χ3n) is 2.29. The normalized spacial score (nSPS) is 10.3. The summed E-state index contributed by atoms with van der Waals surface area (Å²) in [5.41, 5.74) is 0.407. The van der Waals surface area contributed by atoms with Crippen LogP contribution >= 0.6 is 0 Å². The summed E-state index contributed by atoms with van der Waals surface area (Å²) < 4.78 is 30.3. The predicted molar refractivity (Wildman–Crippen MR) is 59.3 cm³/mol. The lowest BCUT2D eigenvalue weighted by atomic mass is 10.2. The topological polar surface area (TPSA) is 38.3 Å². The van der Waals surface area contributed by atoms with Gasteiger partial charge in [-0.3, -0.25) is 4.79 Å². The summed E-state index contributed by atoms with van der Waals surface area (Å²) in [6, 6.07) is 3.47. The molecular formula is C12H15F2NO2. The number of benzene rings is 1. The van der Waals surface area contributed by atoms with Gasteiger partial charge in [0.15, 0.2) is 0 Å². The molecule has 3 nitrogen and oxygen atoms in total. The molecule has 17 heavy (non-hydrogen) atoms. The third kappa shape index (κ3) is 4.91. The van der Waals surface area contributed by atoms with Gasteiger partial charge in [-0.1, -0.05) is 6.07 Å². The van der Waals surface area contributed by atoms with Gasteiger partial charge >= 0.3 is 5.97 Å². The van der Waals surface area contributed by atoms with Gasteiger partial charge in [0.2, 0.25) is 0 Å². The Morgan fingerprint density at radius 2 is 2.18 bits per heavy atom. The summed E-state index contributed by atoms with van der Waals surface area (Å²) in [6.07, 6.45) is 0.949. The maximum absolute atomic E-state index is 13.2. The number of hydrogen-bond donors (Lipinski definition) is 1. The van der Waals surface area contributed by atoms with E-state index in [1.807, 2.05) is 0 Å². The monoisotopic (exact) mass is 243 g/mol. The van der Waals surface area contributed by atoms with Gasteiger partial charge in [0, 0.05) is 24.6 Å². The molecule has 0 aliphatic carbocycles. The lowest BCUT2D eigenvalue weighted by Gasteiger charge is -2.05. The average molecular weight is 243 g/mol. The van der Waals surface area contributed by atoms with Crippen molar-refractivity contribution >= 4 is 5.97 Å². The molecule has 0 aliphatic rings. The second-order valence-electron chi connectivity index (χ2n) is 3.59. The van der Waals surface area contributed by atoms with Crippen molar-refractivity contribution in [3.63, 3.8) is 0 Å². The number of methoxy groups -OCH3 is 1. The van der Waals surface area contributed by atoms with E-state index in [1.54, 1.807) is 0 Å². The van der Waals surface area contributed by atoms with Gasteiger partial charge in [0.1, 0.15) is 11.6 Å². The molecule has 1 aromatic rings. The van der Waals surface area contributed by atoms with Crippen LogP contribution in [0.5, 0.6) is 0 Å². The Bertz CT molecular complexity index is 383. The molecule has 0 heterocycles. The molecule has 94 valence electrons. The van der Waals surface area contributed by atoms with Crippen LogP contribution < -0.4 is 5.32 Å². The zero-order chi connectivity index (χ0) is 12.7. The molecule has 0 atom stereocenters. The zero-order valence-corrected chi connectivity index (χ0v) is 9.63. The van der Waals surface area contributed by atoms with Crippen LogP contribution in [0, 0.1) is 11.6 Å². The van der Waals surface area contributed by atoms with Gasteiger partial charge in [0.25, 0.3) is 0 Å². The Hall–Kier alpha value is -1.49. The average Bonchev–Trinajstić information content (AvgIpc) is 2.30. The second-order valence-corrected chi connectivity index (χ2v) is 3.59. The molecule has 0 fully saturated rings. The van der Waals surface area contributed by atoms with E-state index in [0.717, 1.165) is 6.07 Å². The molecule has 0 saturated heterocycles. The number of carbonyl (C=O) groups excluding carboxylic acids is 1. The summed E-state index contributed by atoms with van der Waals surface area (Å²) in [5.74, 6) is -1.41. The van der Waals surface area contributed by atoms with Crippen molar-refractivity contribution in [1.82, 2.24) is 5.32 Å². The molecule has 0 aromatic heterocycles. The van der Waals surface area contributed by atoms with Gasteiger partial charge in [-0.15, -0.1) is 0 Å². The molecule has 0 radical (unpaired) electrons. The van der Waals surface area contributed by atoms with Crippen molar-refractivity contribution < 1.29 is 18.3 Å². The number of ether oxygens (including phenoxy) is 1. The highest BCUT2D eigenvalue weighted by molar-refractivity contribution is 5.69. The lowest BCUT2D eigenvalue weighted by molar-refractivity contribution is -0.140. The van der Waals surface area contributed by atoms with Crippen LogP contribution in [0.3, 0.4) is 0 Å². The largest absolute Gasteiger partial charge is 0.469 e. The van der Waals surface area contributed by atoms with Crippen molar-refractivity contribution in [3.8, 4) is 0 Å². The summed E-state index contributed by atoms with van der Waals surface area (Å²) in [6.45, 7) is 0.888. The van der Waals surface area contributed by atoms with E-state index < -0.39 is 11.6 Å². The van der Waals surface area contributed by atoms with E-state index in [2.05, 4.69) is 10.1 Å². The fraction of sp³-hybridized carbons (Fsp3) is 0.417. The number of hydrogen-bond acceptors (Lipinski definition) is 3. The number of esters is 1. The highest BCUT2D eigenvalue weighted by Gasteiger charge is 2.03. The van der Waals surface area contributed by atoms with Crippen molar-refractivity contribution in [1.29, 1.82) is 0 Å². The molecule has 0 spiro atoms. The van der Waals surface area contributed by atoms with Gasteiger partial charge in [-0.2, -0.15) is 0 Å². The SMILES string of the molecule is COC(=O)CCCNCc1ccc(F)cc1F. The minimum Gasteiger partial charge on any atom is -0.469 e. The van der Waals surface area contributed by atoms with Gasteiger partial charge in [0.05, 0.1) is 7.11 Å². The maximum atomic E-state index is 13.2. The highest BCUT2D eigenvalue weighted by Crippen LogP contribution is 2.08. The summed E-state index contributed by atoms with van der Waals surface area (Å²) >= 11 is 0. The number of halogens is 2.